The van der Waals surface area contributed by atoms with Gasteiger partial charge in [0.2, 0.25) is 0 Å². The number of hydrogen-bond acceptors (Lipinski definition) is 0. The van der Waals surface area contributed by atoms with Crippen LogP contribution in [0.4, 0.5) is 136 Å². The van der Waals surface area contributed by atoms with Gasteiger partial charge in [-0.3, -0.25) is 0 Å². The fourth-order valence-electron chi connectivity index (χ4n) is 3.04. The first kappa shape index (κ1) is 42.9. The molecular weight excluding hydrogens is 781 g/mol. The molecule has 1 aliphatic rings. The lowest BCUT2D eigenvalue weighted by Crippen LogP contribution is -2.80. The van der Waals surface area contributed by atoms with Crippen molar-refractivity contribution in [2.24, 2.45) is 0 Å². The molecule has 0 aromatic carbocycles. The zero-order valence-corrected chi connectivity index (χ0v) is 19.7. The van der Waals surface area contributed by atoms with Gasteiger partial charge in [-0.25, -0.2) is 4.39 Å². The van der Waals surface area contributed by atoms with Gasteiger partial charge in [0, 0.05) is 0 Å². The van der Waals surface area contributed by atoms with Crippen LogP contribution in [0.2, 0.25) is 0 Å². The minimum absolute atomic E-state index is 6.94. The molecule has 281 valence electrons. The summed E-state index contributed by atoms with van der Waals surface area (Å²) in [6, 6.07) is 0. The van der Waals surface area contributed by atoms with Gasteiger partial charge < -0.3 is 0 Å². The minimum atomic E-state index is -10.0. The van der Waals surface area contributed by atoms with Gasteiger partial charge in [-0.1, -0.05) is 0 Å². The van der Waals surface area contributed by atoms with Gasteiger partial charge in [-0.2, -0.15) is 132 Å². The number of alkyl halides is 30. The summed E-state index contributed by atoms with van der Waals surface area (Å²) in [5.74, 6) is -148. The molecule has 0 aliphatic heterocycles. The molecule has 0 unspecified atom stereocenters. The molecule has 1 saturated carbocycles. The Morgan fingerprint density at radius 2 is 0.255 bits per heavy atom. The van der Waals surface area contributed by atoms with Crippen molar-refractivity contribution in [3.63, 3.8) is 0 Å². The Labute approximate surface area is 232 Å². The lowest BCUT2D eigenvalue weighted by Gasteiger charge is -2.48. The van der Waals surface area contributed by atoms with Crippen LogP contribution in [0.3, 0.4) is 0 Å². The third kappa shape index (κ3) is 4.16. The zero-order valence-electron chi connectivity index (χ0n) is 19.7. The lowest BCUT2D eigenvalue weighted by molar-refractivity contribution is -0.491. The summed E-state index contributed by atoms with van der Waals surface area (Å²) < 4.78 is 423. The van der Waals surface area contributed by atoms with Crippen LogP contribution in [0.15, 0.2) is 0 Å². The summed E-state index contributed by atoms with van der Waals surface area (Å²) in [7, 11) is 0. The maximum atomic E-state index is 13.7. The van der Waals surface area contributed by atoms with Crippen molar-refractivity contribution in [1.29, 1.82) is 0 Å². The van der Waals surface area contributed by atoms with Crippen molar-refractivity contribution < 1.29 is 136 Å². The molecule has 1 fully saturated rings. The van der Waals surface area contributed by atoms with Crippen LogP contribution in [-0.4, -0.2) is 88.8 Å². The smallest absolute Gasteiger partial charge is 0.226 e. The number of halogens is 31. The van der Waals surface area contributed by atoms with E-state index in [-0.39, 0.29) is 0 Å². The molecule has 0 aromatic heterocycles. The van der Waals surface area contributed by atoms with E-state index in [4.69, 9.17) is 0 Å². The molecule has 0 aromatic rings. The molecule has 0 saturated heterocycles. The van der Waals surface area contributed by atoms with E-state index in [2.05, 4.69) is 0 Å². The van der Waals surface area contributed by atoms with Crippen LogP contribution in [0, 0.1) is 6.17 Å². The largest absolute Gasteiger partial charge is 0.385 e. The first-order valence-electron chi connectivity index (χ1n) is 9.86. The SMILES string of the molecule is F[C]1C(F)(F)C(F)(F)C(F)(F)C(F)(F)C(F)(F)C(F)(F)C(F)(F)C(F)(F)C(F)(F)C(F)(F)C(F)(F)C(F)(F)C(F)(F)C(F)(F)C1(F)F. The van der Waals surface area contributed by atoms with Crippen molar-refractivity contribution in [1.82, 2.24) is 0 Å². The van der Waals surface area contributed by atoms with Crippen molar-refractivity contribution in [3.8, 4) is 0 Å². The van der Waals surface area contributed by atoms with Crippen LogP contribution in [0.1, 0.15) is 0 Å². The van der Waals surface area contributed by atoms with Crippen LogP contribution < -0.4 is 0 Å². The first-order valence-corrected chi connectivity index (χ1v) is 9.86. The minimum Gasteiger partial charge on any atom is -0.226 e. The maximum absolute atomic E-state index is 13.7. The Hall–Kier alpha value is -2.17. The van der Waals surface area contributed by atoms with Gasteiger partial charge in [-0.15, -0.1) is 0 Å². The molecule has 0 nitrogen and oxygen atoms in total. The molecular formula is C16F31. The van der Waals surface area contributed by atoms with E-state index in [0.717, 1.165) is 0 Å². The number of hydrogen-bond donors (Lipinski definition) is 0. The predicted molar refractivity (Wildman–Crippen MR) is 78.6 cm³/mol. The van der Waals surface area contributed by atoms with Gasteiger partial charge in [0.1, 0.15) is 0 Å². The standard InChI is InChI=1S/C16F31/c17-1-2(18,19)4(22,23)6(26,27)8(30,31)10(34,35)12(38,39)14(42,43)16(46,47)15(44,45)13(40,41)11(36,37)9(32,33)7(28,29)5(24,25)3(1,20)21. The van der Waals surface area contributed by atoms with Gasteiger partial charge in [0.05, 0.1) is 0 Å². The Kier molecular flexibility index (Phi) is 8.89. The maximum Gasteiger partial charge on any atom is 0.385 e. The monoisotopic (exact) mass is 781 g/mol. The van der Waals surface area contributed by atoms with E-state index in [0.29, 0.717) is 0 Å². The van der Waals surface area contributed by atoms with Gasteiger partial charge >= 0.3 is 88.8 Å². The lowest BCUT2D eigenvalue weighted by atomic mass is 9.80. The topological polar surface area (TPSA) is 0 Å². The second-order valence-electron chi connectivity index (χ2n) is 8.93. The highest BCUT2D eigenvalue weighted by Gasteiger charge is 3.02. The molecule has 0 atom stereocenters. The Morgan fingerprint density at radius 1 is 0.170 bits per heavy atom. The van der Waals surface area contributed by atoms with E-state index < -0.39 is 95.0 Å². The highest BCUT2D eigenvalue weighted by atomic mass is 19.4. The summed E-state index contributed by atoms with van der Waals surface area (Å²) in [4.78, 5) is 0. The zero-order chi connectivity index (χ0) is 39.1. The van der Waals surface area contributed by atoms with Crippen molar-refractivity contribution in [2.45, 2.75) is 88.8 Å². The average molecular weight is 781 g/mol. The Bertz CT molecular complexity index is 1110. The second-order valence-corrected chi connectivity index (χ2v) is 8.93. The summed E-state index contributed by atoms with van der Waals surface area (Å²) in [5.41, 5.74) is 0. The molecule has 1 aliphatic carbocycles. The van der Waals surface area contributed by atoms with Crippen LogP contribution in [-0.2, 0) is 0 Å². The second kappa shape index (κ2) is 9.75. The first-order chi connectivity index (χ1) is 19.7. The summed E-state index contributed by atoms with van der Waals surface area (Å²) in [6.07, 6.45) is -6.94. The van der Waals surface area contributed by atoms with Crippen LogP contribution in [0.25, 0.3) is 0 Å². The highest BCUT2D eigenvalue weighted by Crippen LogP contribution is 2.71. The van der Waals surface area contributed by atoms with E-state index in [9.17, 15) is 136 Å². The van der Waals surface area contributed by atoms with E-state index in [1.807, 2.05) is 0 Å². The number of rotatable bonds is 0. The van der Waals surface area contributed by atoms with Crippen LogP contribution in [0.5, 0.6) is 0 Å². The molecule has 1 rings (SSSR count). The quantitative estimate of drug-likeness (QED) is 0.215. The predicted octanol–water partition coefficient (Wildman–Crippen LogP) is 10.0. The van der Waals surface area contributed by atoms with E-state index in [1.165, 1.54) is 0 Å². The fraction of sp³-hybridized carbons (Fsp3) is 0.938. The van der Waals surface area contributed by atoms with E-state index in [1.54, 1.807) is 0 Å². The molecule has 0 bridgehead atoms. The van der Waals surface area contributed by atoms with Crippen molar-refractivity contribution in [2.75, 3.05) is 0 Å². The van der Waals surface area contributed by atoms with Crippen molar-refractivity contribution in [3.05, 3.63) is 6.17 Å². The third-order valence-corrected chi connectivity index (χ3v) is 6.07. The molecule has 0 amide bonds. The molecule has 1 radical (unpaired) electrons. The molecule has 31 heteroatoms. The van der Waals surface area contributed by atoms with Crippen molar-refractivity contribution >= 4 is 0 Å². The van der Waals surface area contributed by atoms with Gasteiger partial charge in [0.15, 0.2) is 0 Å². The van der Waals surface area contributed by atoms with E-state index >= 15 is 0 Å². The molecule has 0 N–H and O–H groups in total. The highest BCUT2D eigenvalue weighted by molar-refractivity contribution is 5.27. The van der Waals surface area contributed by atoms with Crippen LogP contribution >= 0.6 is 0 Å². The normalized spacial score (nSPS) is 33.8. The Morgan fingerprint density at radius 3 is 0.362 bits per heavy atom. The Balaban J connectivity index is 4.75. The molecule has 47 heavy (non-hydrogen) atoms. The molecule has 0 heterocycles. The van der Waals surface area contributed by atoms with Gasteiger partial charge in [0.25, 0.3) is 6.17 Å². The summed E-state index contributed by atoms with van der Waals surface area (Å²) >= 11 is 0. The third-order valence-electron chi connectivity index (χ3n) is 6.07. The summed E-state index contributed by atoms with van der Waals surface area (Å²) in [6.45, 7) is 0. The summed E-state index contributed by atoms with van der Waals surface area (Å²) in [5, 5.41) is 0. The molecule has 0 spiro atoms. The average Bonchev–Trinajstić information content (AvgIpc) is 2.85. The fourth-order valence-corrected chi connectivity index (χ4v) is 3.04. The van der Waals surface area contributed by atoms with Gasteiger partial charge in [-0.05, 0) is 0 Å².